The van der Waals surface area contributed by atoms with Gasteiger partial charge in [0, 0.05) is 35.6 Å². The number of hydrogen-bond donors (Lipinski definition) is 3. The molecule has 0 bridgehead atoms. The van der Waals surface area contributed by atoms with Crippen molar-refractivity contribution in [3.63, 3.8) is 0 Å². The van der Waals surface area contributed by atoms with Gasteiger partial charge in [-0.3, -0.25) is 14.8 Å². The molecular formula is C22H19N5O4S. The zero-order valence-electron chi connectivity index (χ0n) is 16.7. The molecule has 0 spiro atoms. The number of hydrogen-bond acceptors (Lipinski definition) is 6. The SMILES string of the molecule is NS(=O)(=O)c1ccc(CN=Cc2c(O)[nH]c(=O)c3ccc(C=Cn4ccnc4)cc23)cc1. The van der Waals surface area contributed by atoms with Crippen molar-refractivity contribution in [1.82, 2.24) is 14.5 Å². The number of aliphatic imine (C=N–C) groups is 1. The van der Waals surface area contributed by atoms with Crippen molar-refractivity contribution < 1.29 is 13.5 Å². The van der Waals surface area contributed by atoms with Gasteiger partial charge >= 0.3 is 0 Å². The van der Waals surface area contributed by atoms with Gasteiger partial charge in [0.05, 0.1) is 23.3 Å². The molecule has 0 radical (unpaired) electrons. The zero-order chi connectivity index (χ0) is 22.7. The van der Waals surface area contributed by atoms with E-state index in [-0.39, 0.29) is 17.3 Å². The lowest BCUT2D eigenvalue weighted by atomic mass is 10.0. The molecule has 10 heteroatoms. The van der Waals surface area contributed by atoms with Gasteiger partial charge in [-0.1, -0.05) is 18.2 Å². The topological polar surface area (TPSA) is 143 Å². The molecule has 4 rings (SSSR count). The predicted octanol–water partition coefficient (Wildman–Crippen LogP) is 2.32. The van der Waals surface area contributed by atoms with Crippen LogP contribution in [0.1, 0.15) is 16.7 Å². The lowest BCUT2D eigenvalue weighted by Gasteiger charge is -2.06. The summed E-state index contributed by atoms with van der Waals surface area (Å²) >= 11 is 0. The molecule has 9 nitrogen and oxygen atoms in total. The van der Waals surface area contributed by atoms with E-state index in [1.165, 1.54) is 18.3 Å². The van der Waals surface area contributed by atoms with Gasteiger partial charge in [-0.15, -0.1) is 0 Å². The molecule has 2 heterocycles. The van der Waals surface area contributed by atoms with E-state index < -0.39 is 15.6 Å². The number of fused-ring (bicyclic) bond motifs is 1. The van der Waals surface area contributed by atoms with E-state index in [9.17, 15) is 18.3 Å². The molecule has 0 aliphatic rings. The Kier molecular flexibility index (Phi) is 5.71. The first kappa shape index (κ1) is 21.2. The first-order valence-corrected chi connectivity index (χ1v) is 11.0. The minimum atomic E-state index is -3.76. The second-order valence-electron chi connectivity index (χ2n) is 7.01. The van der Waals surface area contributed by atoms with Gasteiger partial charge < -0.3 is 9.67 Å². The molecule has 4 aromatic rings. The summed E-state index contributed by atoms with van der Waals surface area (Å²) in [6.45, 7) is 0.241. The van der Waals surface area contributed by atoms with Crippen LogP contribution in [-0.2, 0) is 16.6 Å². The van der Waals surface area contributed by atoms with Crippen LogP contribution in [-0.4, -0.2) is 34.3 Å². The molecule has 0 aliphatic heterocycles. The van der Waals surface area contributed by atoms with E-state index in [2.05, 4.69) is 15.0 Å². The summed E-state index contributed by atoms with van der Waals surface area (Å²) in [6.07, 6.45) is 10.3. The van der Waals surface area contributed by atoms with Crippen molar-refractivity contribution in [3.8, 4) is 5.88 Å². The van der Waals surface area contributed by atoms with Crippen LogP contribution in [0.5, 0.6) is 5.88 Å². The highest BCUT2D eigenvalue weighted by Gasteiger charge is 2.10. The van der Waals surface area contributed by atoms with Crippen molar-refractivity contribution in [2.24, 2.45) is 10.1 Å². The number of aromatic hydroxyl groups is 1. The smallest absolute Gasteiger partial charge is 0.258 e. The predicted molar refractivity (Wildman–Crippen MR) is 123 cm³/mol. The van der Waals surface area contributed by atoms with E-state index in [4.69, 9.17) is 5.14 Å². The third-order valence-corrected chi connectivity index (χ3v) is 5.70. The monoisotopic (exact) mass is 449 g/mol. The van der Waals surface area contributed by atoms with Gasteiger partial charge in [-0.25, -0.2) is 18.5 Å². The molecule has 0 atom stereocenters. The Hall–Kier alpha value is -4.02. The summed E-state index contributed by atoms with van der Waals surface area (Å²) in [4.78, 5) is 23.0. The molecule has 4 N–H and O–H groups in total. The molecule has 0 saturated heterocycles. The average molecular weight is 449 g/mol. The Morgan fingerprint density at radius 2 is 1.94 bits per heavy atom. The van der Waals surface area contributed by atoms with Crippen LogP contribution in [0.15, 0.2) is 75.9 Å². The lowest BCUT2D eigenvalue weighted by molar-refractivity contribution is 0.452. The maximum absolute atomic E-state index is 12.3. The fourth-order valence-electron chi connectivity index (χ4n) is 3.14. The Morgan fingerprint density at radius 3 is 2.62 bits per heavy atom. The average Bonchev–Trinajstić information content (AvgIpc) is 3.28. The molecule has 162 valence electrons. The van der Waals surface area contributed by atoms with Gasteiger partial charge in [0.15, 0.2) is 0 Å². The quantitative estimate of drug-likeness (QED) is 0.387. The molecule has 2 aromatic carbocycles. The lowest BCUT2D eigenvalue weighted by Crippen LogP contribution is -2.11. The molecule has 0 fully saturated rings. The van der Waals surface area contributed by atoms with Gasteiger partial charge in [0.2, 0.25) is 15.9 Å². The Bertz CT molecular complexity index is 1490. The van der Waals surface area contributed by atoms with E-state index in [0.29, 0.717) is 16.3 Å². The number of aromatic nitrogens is 3. The summed E-state index contributed by atoms with van der Waals surface area (Å²) in [5.74, 6) is -0.286. The number of H-pyrrole nitrogens is 1. The third kappa shape index (κ3) is 4.66. The fourth-order valence-corrected chi connectivity index (χ4v) is 3.66. The summed E-state index contributed by atoms with van der Waals surface area (Å²) < 4.78 is 24.5. The number of imidazole rings is 1. The number of nitrogens with two attached hydrogens (primary N) is 1. The summed E-state index contributed by atoms with van der Waals surface area (Å²) in [6, 6.07) is 11.3. The van der Waals surface area contributed by atoms with Crippen molar-refractivity contribution >= 4 is 39.3 Å². The van der Waals surface area contributed by atoms with E-state index in [0.717, 1.165) is 11.1 Å². The minimum absolute atomic E-state index is 0.0192. The van der Waals surface area contributed by atoms with Crippen LogP contribution in [0.4, 0.5) is 0 Å². The van der Waals surface area contributed by atoms with Crippen LogP contribution >= 0.6 is 0 Å². The maximum Gasteiger partial charge on any atom is 0.258 e. The first-order chi connectivity index (χ1) is 15.3. The van der Waals surface area contributed by atoms with Crippen molar-refractivity contribution in [1.29, 1.82) is 0 Å². The second kappa shape index (κ2) is 8.61. The molecule has 32 heavy (non-hydrogen) atoms. The maximum atomic E-state index is 12.3. The first-order valence-electron chi connectivity index (χ1n) is 9.47. The Labute approximate surface area is 183 Å². The van der Waals surface area contributed by atoms with Crippen LogP contribution in [0.25, 0.3) is 23.0 Å². The minimum Gasteiger partial charge on any atom is -0.494 e. The zero-order valence-corrected chi connectivity index (χ0v) is 17.5. The van der Waals surface area contributed by atoms with Crippen LogP contribution in [0.3, 0.4) is 0 Å². The van der Waals surface area contributed by atoms with Crippen LogP contribution in [0, 0.1) is 0 Å². The summed E-state index contributed by atoms with van der Waals surface area (Å²) in [5, 5.41) is 16.4. The van der Waals surface area contributed by atoms with Crippen molar-refractivity contribution in [2.75, 3.05) is 0 Å². The van der Waals surface area contributed by atoms with E-state index in [1.54, 1.807) is 53.6 Å². The molecular weight excluding hydrogens is 430 g/mol. The van der Waals surface area contributed by atoms with Gasteiger partial charge in [0.25, 0.3) is 5.56 Å². The summed E-state index contributed by atoms with van der Waals surface area (Å²) in [5.41, 5.74) is 1.55. The fraction of sp³-hybridized carbons (Fsp3) is 0.0455. The number of primary sulfonamides is 1. The van der Waals surface area contributed by atoms with Gasteiger partial charge in [-0.05, 0) is 41.5 Å². The van der Waals surface area contributed by atoms with Crippen LogP contribution in [0.2, 0.25) is 0 Å². The van der Waals surface area contributed by atoms with Crippen LogP contribution < -0.4 is 10.7 Å². The van der Waals surface area contributed by atoms with Crippen molar-refractivity contribution in [3.05, 3.63) is 88.2 Å². The number of nitrogens with one attached hydrogen (secondary N) is 1. The standard InChI is InChI=1S/C22H19N5O4S/c23-32(30,31)17-4-1-16(2-5-17)12-25-13-20-19-11-15(7-9-27-10-8-24-14-27)3-6-18(19)21(28)26-22(20)29/h1-11,13-14H,12H2,(H2,23,30,31)(H2,26,28,29). The Balaban J connectivity index is 1.65. The molecule has 0 amide bonds. The number of sulfonamides is 1. The number of aromatic amines is 1. The molecule has 0 aliphatic carbocycles. The van der Waals surface area contributed by atoms with Gasteiger partial charge in [0.1, 0.15) is 0 Å². The van der Waals surface area contributed by atoms with E-state index in [1.807, 2.05) is 12.3 Å². The molecule has 0 unspecified atom stereocenters. The van der Waals surface area contributed by atoms with Gasteiger partial charge in [-0.2, -0.15) is 0 Å². The normalized spacial score (nSPS) is 12.3. The molecule has 2 aromatic heterocycles. The van der Waals surface area contributed by atoms with Crippen molar-refractivity contribution in [2.45, 2.75) is 11.4 Å². The Morgan fingerprint density at radius 1 is 1.16 bits per heavy atom. The second-order valence-corrected chi connectivity index (χ2v) is 8.57. The number of benzene rings is 2. The molecule has 0 saturated carbocycles. The third-order valence-electron chi connectivity index (χ3n) is 4.78. The summed E-state index contributed by atoms with van der Waals surface area (Å²) in [7, 11) is -3.76. The highest BCUT2D eigenvalue weighted by molar-refractivity contribution is 7.89. The largest absolute Gasteiger partial charge is 0.494 e. The highest BCUT2D eigenvalue weighted by atomic mass is 32.2. The highest BCUT2D eigenvalue weighted by Crippen LogP contribution is 2.23. The van der Waals surface area contributed by atoms with E-state index >= 15 is 0 Å². The number of nitrogens with zero attached hydrogens (tertiary/aromatic N) is 3. The number of pyridine rings is 1. The number of rotatable bonds is 6.